The maximum Gasteiger partial charge on any atom is 0.119 e. The summed E-state index contributed by atoms with van der Waals surface area (Å²) in [5.41, 5.74) is 7.57. The molecule has 0 unspecified atom stereocenters. The largest absolute Gasteiger partial charge is 0.495 e. The van der Waals surface area contributed by atoms with Gasteiger partial charge in [0, 0.05) is 0 Å². The number of fused-ring (bicyclic) bond motifs is 2. The second-order valence-electron chi connectivity index (χ2n) is 8.25. The molecule has 0 amide bonds. The van der Waals surface area contributed by atoms with Crippen molar-refractivity contribution < 1.29 is 9.47 Å². The molecule has 33 heavy (non-hydrogen) atoms. The van der Waals surface area contributed by atoms with Gasteiger partial charge < -0.3 is 9.47 Å². The van der Waals surface area contributed by atoms with Gasteiger partial charge in [-0.3, -0.25) is 0 Å². The van der Waals surface area contributed by atoms with Crippen molar-refractivity contribution in [1.29, 1.82) is 0 Å². The van der Waals surface area contributed by atoms with Gasteiger partial charge in [-0.15, -0.1) is 0 Å². The third kappa shape index (κ3) is 3.52. The molecular weight excluding hydrogens is 404 g/mol. The van der Waals surface area contributed by atoms with Gasteiger partial charge in [0.05, 0.1) is 13.2 Å². The van der Waals surface area contributed by atoms with Gasteiger partial charge in [0.1, 0.15) is 11.5 Å². The topological polar surface area (TPSA) is 18.5 Å². The number of hydrogen-bond acceptors (Lipinski definition) is 2. The Labute approximate surface area is 195 Å². The second-order valence-corrected chi connectivity index (χ2v) is 8.25. The summed E-state index contributed by atoms with van der Waals surface area (Å²) in [6, 6.07) is 23.8. The van der Waals surface area contributed by atoms with E-state index < -0.39 is 0 Å². The van der Waals surface area contributed by atoms with E-state index in [0.29, 0.717) is 19.0 Å². The van der Waals surface area contributed by atoms with Gasteiger partial charge in [0.2, 0.25) is 0 Å². The van der Waals surface area contributed by atoms with Crippen molar-refractivity contribution in [3.8, 4) is 16.9 Å². The Morgan fingerprint density at radius 2 is 1.52 bits per heavy atom. The van der Waals surface area contributed by atoms with E-state index in [-0.39, 0.29) is 0 Å². The fourth-order valence-corrected chi connectivity index (χ4v) is 4.97. The number of ether oxygens (including phenoxy) is 2. The summed E-state index contributed by atoms with van der Waals surface area (Å²) < 4.78 is 11.2. The van der Waals surface area contributed by atoms with Crippen molar-refractivity contribution in [1.82, 2.24) is 0 Å². The molecule has 2 nitrogen and oxygen atoms in total. The highest BCUT2D eigenvalue weighted by Gasteiger charge is 2.25. The lowest BCUT2D eigenvalue weighted by atomic mass is 9.87. The third-order valence-corrected chi connectivity index (χ3v) is 6.35. The van der Waals surface area contributed by atoms with Crippen LogP contribution in [-0.4, -0.2) is 13.2 Å². The first-order valence-electron chi connectivity index (χ1n) is 11.6. The molecule has 0 atom stereocenters. The van der Waals surface area contributed by atoms with Gasteiger partial charge in [-0.1, -0.05) is 67.3 Å². The molecular formula is C31H28O2. The Morgan fingerprint density at radius 1 is 0.818 bits per heavy atom. The molecule has 0 spiro atoms. The lowest BCUT2D eigenvalue weighted by Gasteiger charge is -2.16. The average Bonchev–Trinajstić information content (AvgIpc) is 3.12. The van der Waals surface area contributed by atoms with Gasteiger partial charge in [-0.25, -0.2) is 0 Å². The minimum Gasteiger partial charge on any atom is -0.495 e. The molecule has 164 valence electrons. The lowest BCUT2D eigenvalue weighted by molar-refractivity contribution is 0.244. The summed E-state index contributed by atoms with van der Waals surface area (Å²) in [6.45, 7) is 11.5. The van der Waals surface area contributed by atoms with Gasteiger partial charge >= 0.3 is 0 Å². The van der Waals surface area contributed by atoms with Gasteiger partial charge in [0.25, 0.3) is 0 Å². The summed E-state index contributed by atoms with van der Waals surface area (Å²) >= 11 is 0. The SMILES string of the molecule is C=C(/C=C\C1=C(C)c2cccc3c(-c4ccc(OCC)cc4)c4ccccc4c1c23)OCC. The molecule has 0 aromatic heterocycles. The number of benzene rings is 4. The maximum absolute atomic E-state index is 5.68. The van der Waals surface area contributed by atoms with Crippen LogP contribution in [0.15, 0.2) is 91.2 Å². The Morgan fingerprint density at radius 3 is 2.21 bits per heavy atom. The van der Waals surface area contributed by atoms with E-state index in [4.69, 9.17) is 9.47 Å². The minimum atomic E-state index is 0.616. The van der Waals surface area contributed by atoms with E-state index in [1.807, 2.05) is 19.9 Å². The zero-order valence-electron chi connectivity index (χ0n) is 19.4. The zero-order valence-corrected chi connectivity index (χ0v) is 19.4. The average molecular weight is 433 g/mol. The number of hydrogen-bond donors (Lipinski definition) is 0. The number of rotatable bonds is 7. The maximum atomic E-state index is 5.68. The van der Waals surface area contributed by atoms with Crippen LogP contribution in [0.25, 0.3) is 43.8 Å². The van der Waals surface area contributed by atoms with E-state index in [1.54, 1.807) is 0 Å². The van der Waals surface area contributed by atoms with E-state index >= 15 is 0 Å². The minimum absolute atomic E-state index is 0.616. The van der Waals surface area contributed by atoms with E-state index in [1.165, 1.54) is 54.9 Å². The Bertz CT molecular complexity index is 1440. The predicted octanol–water partition coefficient (Wildman–Crippen LogP) is 8.41. The first-order chi connectivity index (χ1) is 16.1. The van der Waals surface area contributed by atoms with Crippen LogP contribution in [-0.2, 0) is 4.74 Å². The van der Waals surface area contributed by atoms with Gasteiger partial charge in [-0.05, 0) is 93.9 Å². The highest BCUT2D eigenvalue weighted by Crippen LogP contribution is 2.50. The zero-order chi connectivity index (χ0) is 22.9. The van der Waals surface area contributed by atoms with Crippen LogP contribution in [0.4, 0.5) is 0 Å². The van der Waals surface area contributed by atoms with Crippen molar-refractivity contribution in [2.45, 2.75) is 20.8 Å². The first kappa shape index (κ1) is 21.1. The van der Waals surface area contributed by atoms with Crippen LogP contribution < -0.4 is 4.74 Å². The first-order valence-corrected chi connectivity index (χ1v) is 11.6. The lowest BCUT2D eigenvalue weighted by Crippen LogP contribution is -1.93. The quantitative estimate of drug-likeness (QED) is 0.166. The standard InChI is InChI=1S/C31H28O2/c1-5-32-20(3)14-19-25-21(4)24-12-9-13-28-29(22-15-17-23(18-16-22)33-6-2)26-10-7-8-11-27(26)30(25)31(24)28/h7-19H,3,5-6H2,1-2,4H3/b19-14-. The molecule has 0 saturated heterocycles. The molecule has 1 aliphatic rings. The summed E-state index contributed by atoms with van der Waals surface area (Å²) in [6.07, 6.45) is 4.14. The molecule has 2 heteroatoms. The van der Waals surface area contributed by atoms with Crippen LogP contribution in [0.1, 0.15) is 31.9 Å². The van der Waals surface area contributed by atoms with Crippen LogP contribution >= 0.6 is 0 Å². The van der Waals surface area contributed by atoms with Crippen molar-refractivity contribution in [3.63, 3.8) is 0 Å². The molecule has 5 rings (SSSR count). The van der Waals surface area contributed by atoms with E-state index in [2.05, 4.69) is 86.3 Å². The normalized spacial score (nSPS) is 12.8. The highest BCUT2D eigenvalue weighted by molar-refractivity contribution is 6.27. The highest BCUT2D eigenvalue weighted by atomic mass is 16.5. The number of allylic oxidation sites excluding steroid dienone is 4. The molecule has 1 aliphatic carbocycles. The van der Waals surface area contributed by atoms with Gasteiger partial charge in [0.15, 0.2) is 0 Å². The Balaban J connectivity index is 1.79. The molecule has 4 aromatic carbocycles. The monoisotopic (exact) mass is 432 g/mol. The molecule has 0 heterocycles. The summed E-state index contributed by atoms with van der Waals surface area (Å²) in [7, 11) is 0. The van der Waals surface area contributed by atoms with E-state index in [9.17, 15) is 0 Å². The molecule has 0 radical (unpaired) electrons. The fourth-order valence-electron chi connectivity index (χ4n) is 4.97. The summed E-state index contributed by atoms with van der Waals surface area (Å²) in [5.74, 6) is 1.58. The summed E-state index contributed by atoms with van der Waals surface area (Å²) in [4.78, 5) is 0. The van der Waals surface area contributed by atoms with Crippen molar-refractivity contribution in [2.75, 3.05) is 13.2 Å². The van der Waals surface area contributed by atoms with Crippen LogP contribution in [0.2, 0.25) is 0 Å². The Kier molecular flexibility index (Phi) is 5.51. The van der Waals surface area contributed by atoms with Crippen molar-refractivity contribution in [3.05, 3.63) is 102 Å². The van der Waals surface area contributed by atoms with Crippen LogP contribution in [0, 0.1) is 0 Å². The van der Waals surface area contributed by atoms with Crippen LogP contribution in [0.3, 0.4) is 0 Å². The Hall–Kier alpha value is -3.78. The predicted molar refractivity (Wildman–Crippen MR) is 140 cm³/mol. The fraction of sp³-hybridized carbons (Fsp3) is 0.161. The molecule has 0 aliphatic heterocycles. The summed E-state index contributed by atoms with van der Waals surface area (Å²) in [5, 5.41) is 5.11. The molecule has 0 bridgehead atoms. The smallest absolute Gasteiger partial charge is 0.119 e. The third-order valence-electron chi connectivity index (χ3n) is 6.35. The van der Waals surface area contributed by atoms with Crippen molar-refractivity contribution >= 4 is 32.7 Å². The molecule has 4 aromatic rings. The van der Waals surface area contributed by atoms with Crippen LogP contribution in [0.5, 0.6) is 5.75 Å². The molecule has 0 saturated carbocycles. The molecule has 0 fully saturated rings. The van der Waals surface area contributed by atoms with Crippen molar-refractivity contribution in [2.24, 2.45) is 0 Å². The second kappa shape index (κ2) is 8.63. The molecule has 0 N–H and O–H groups in total. The van der Waals surface area contributed by atoms with Gasteiger partial charge in [-0.2, -0.15) is 0 Å². The van der Waals surface area contributed by atoms with E-state index in [0.717, 1.165) is 5.75 Å².